The summed E-state index contributed by atoms with van der Waals surface area (Å²) in [4.78, 5) is 24.5. The second-order valence-corrected chi connectivity index (χ2v) is 8.18. The lowest BCUT2D eigenvalue weighted by molar-refractivity contribution is -0.123. The highest BCUT2D eigenvalue weighted by Gasteiger charge is 2.49. The summed E-state index contributed by atoms with van der Waals surface area (Å²) in [6.45, 7) is 4.18. The zero-order valence-electron chi connectivity index (χ0n) is 14.0. The second-order valence-electron chi connectivity index (χ2n) is 6.36. The van der Waals surface area contributed by atoms with E-state index in [2.05, 4.69) is 5.32 Å². The summed E-state index contributed by atoms with van der Waals surface area (Å²) in [5, 5.41) is 2.73. The zero-order chi connectivity index (χ0) is 18.0. The summed E-state index contributed by atoms with van der Waals surface area (Å²) in [5.41, 5.74) is -0.482. The van der Waals surface area contributed by atoms with E-state index in [1.165, 1.54) is 12.1 Å². The summed E-state index contributed by atoms with van der Waals surface area (Å²) < 4.78 is 30.3. The number of carbonyl (C=O) groups excluding carboxylic acids is 2. The van der Waals surface area contributed by atoms with Crippen molar-refractivity contribution < 1.29 is 22.7 Å². The predicted octanol–water partition coefficient (Wildman–Crippen LogP) is 1.16. The highest BCUT2D eigenvalue weighted by molar-refractivity contribution is 7.94. The van der Waals surface area contributed by atoms with Crippen LogP contribution in [-0.4, -0.2) is 46.2 Å². The Bertz CT molecular complexity index is 743. The monoisotopic (exact) mass is 354 g/mol. The van der Waals surface area contributed by atoms with Crippen LogP contribution in [0.1, 0.15) is 30.6 Å². The number of ether oxygens (including phenoxy) is 1. The quantitative estimate of drug-likeness (QED) is 0.774. The summed E-state index contributed by atoms with van der Waals surface area (Å²) in [5.74, 6) is -1.05. The molecule has 8 heteroatoms. The first-order valence-electron chi connectivity index (χ1n) is 7.64. The molecule has 0 atom stereocenters. The lowest BCUT2D eigenvalue weighted by Crippen LogP contribution is -2.33. The number of methoxy groups -OCH3 is 1. The third-order valence-corrected chi connectivity index (χ3v) is 5.76. The van der Waals surface area contributed by atoms with Crippen molar-refractivity contribution in [2.45, 2.75) is 20.3 Å². The van der Waals surface area contributed by atoms with Gasteiger partial charge < -0.3 is 10.1 Å². The van der Waals surface area contributed by atoms with Gasteiger partial charge in [0.1, 0.15) is 0 Å². The molecule has 1 aliphatic rings. The third kappa shape index (κ3) is 3.76. The van der Waals surface area contributed by atoms with Crippen molar-refractivity contribution >= 4 is 27.5 Å². The van der Waals surface area contributed by atoms with Crippen molar-refractivity contribution in [3.63, 3.8) is 0 Å². The SMILES string of the molecule is COCCCNC(=O)c1cccc(N2C(=O)C(C)(C)CS2(=O)=O)c1. The van der Waals surface area contributed by atoms with Gasteiger partial charge in [-0.1, -0.05) is 6.07 Å². The fourth-order valence-corrected chi connectivity index (χ4v) is 4.65. The Balaban J connectivity index is 2.22. The molecule has 1 fully saturated rings. The molecule has 0 unspecified atom stereocenters. The van der Waals surface area contributed by atoms with Gasteiger partial charge in [-0.2, -0.15) is 0 Å². The van der Waals surface area contributed by atoms with Gasteiger partial charge in [0.25, 0.3) is 5.91 Å². The van der Waals surface area contributed by atoms with E-state index in [0.717, 1.165) is 4.31 Å². The summed E-state index contributed by atoms with van der Waals surface area (Å²) >= 11 is 0. The molecule has 1 saturated heterocycles. The smallest absolute Gasteiger partial charge is 0.251 e. The van der Waals surface area contributed by atoms with Crippen molar-refractivity contribution in [3.8, 4) is 0 Å². The molecular formula is C16H22N2O5S. The van der Waals surface area contributed by atoms with Gasteiger partial charge in [-0.25, -0.2) is 12.7 Å². The molecule has 24 heavy (non-hydrogen) atoms. The number of carbonyl (C=O) groups is 2. The van der Waals surface area contributed by atoms with Gasteiger partial charge in [-0.15, -0.1) is 0 Å². The largest absolute Gasteiger partial charge is 0.385 e. The normalized spacial score (nSPS) is 18.6. The van der Waals surface area contributed by atoms with Crippen molar-refractivity contribution in [1.82, 2.24) is 5.32 Å². The first-order valence-corrected chi connectivity index (χ1v) is 9.24. The summed E-state index contributed by atoms with van der Waals surface area (Å²) in [7, 11) is -2.14. The molecule has 1 aromatic carbocycles. The maximum atomic E-state index is 12.4. The average molecular weight is 354 g/mol. The van der Waals surface area contributed by atoms with Crippen LogP contribution in [0.15, 0.2) is 24.3 Å². The minimum Gasteiger partial charge on any atom is -0.385 e. The molecule has 0 radical (unpaired) electrons. The third-order valence-electron chi connectivity index (χ3n) is 3.74. The number of nitrogens with zero attached hydrogens (tertiary/aromatic N) is 1. The number of amides is 2. The van der Waals surface area contributed by atoms with Crippen LogP contribution in [0.4, 0.5) is 5.69 Å². The van der Waals surface area contributed by atoms with Crippen LogP contribution in [0.5, 0.6) is 0 Å². The molecule has 2 rings (SSSR count). The predicted molar refractivity (Wildman–Crippen MR) is 90.3 cm³/mol. The van der Waals surface area contributed by atoms with Crippen molar-refractivity contribution in [1.29, 1.82) is 0 Å². The molecule has 1 heterocycles. The first-order chi connectivity index (χ1) is 11.2. The van der Waals surface area contributed by atoms with Crippen LogP contribution in [0, 0.1) is 5.41 Å². The van der Waals surface area contributed by atoms with Gasteiger partial charge in [-0.3, -0.25) is 9.59 Å². The lowest BCUT2D eigenvalue weighted by Gasteiger charge is -2.18. The molecule has 1 aromatic rings. The fraction of sp³-hybridized carbons (Fsp3) is 0.500. The molecule has 7 nitrogen and oxygen atoms in total. The van der Waals surface area contributed by atoms with Crippen molar-refractivity contribution in [2.75, 3.05) is 30.3 Å². The number of nitrogens with one attached hydrogen (secondary N) is 1. The fourth-order valence-electron chi connectivity index (χ4n) is 2.56. The molecular weight excluding hydrogens is 332 g/mol. The minimum absolute atomic E-state index is 0.190. The highest BCUT2D eigenvalue weighted by Crippen LogP contribution is 2.35. The number of hydrogen-bond acceptors (Lipinski definition) is 5. The standard InChI is InChI=1S/C16H22N2O5S/c1-16(2)11-24(21,22)18(15(16)20)13-7-4-6-12(10-13)14(19)17-8-5-9-23-3/h4,6-7,10H,5,8-9,11H2,1-3H3,(H,17,19). The van der Waals surface area contributed by atoms with E-state index < -0.39 is 21.3 Å². The summed E-state index contributed by atoms with van der Waals surface area (Å²) in [6, 6.07) is 6.07. The van der Waals surface area contributed by atoms with Crippen molar-refractivity contribution in [2.24, 2.45) is 5.41 Å². The lowest BCUT2D eigenvalue weighted by atomic mass is 9.95. The maximum absolute atomic E-state index is 12.4. The number of anilines is 1. The average Bonchev–Trinajstić information content (AvgIpc) is 2.67. The van der Waals surface area contributed by atoms with Gasteiger partial charge >= 0.3 is 0 Å². The molecule has 132 valence electrons. The van der Waals surface area contributed by atoms with Crippen LogP contribution in [0.3, 0.4) is 0 Å². The zero-order valence-corrected chi connectivity index (χ0v) is 14.9. The van der Waals surface area contributed by atoms with E-state index in [9.17, 15) is 18.0 Å². The Morgan fingerprint density at radius 2 is 2.08 bits per heavy atom. The minimum atomic E-state index is -3.73. The van der Waals surface area contributed by atoms with Gasteiger partial charge in [0.2, 0.25) is 15.9 Å². The molecule has 0 aromatic heterocycles. The number of sulfonamides is 1. The molecule has 0 aliphatic carbocycles. The number of hydrogen-bond donors (Lipinski definition) is 1. The van der Waals surface area contributed by atoms with E-state index in [4.69, 9.17) is 4.74 Å². The summed E-state index contributed by atoms with van der Waals surface area (Å²) in [6.07, 6.45) is 0.676. The van der Waals surface area contributed by atoms with Crippen LogP contribution >= 0.6 is 0 Å². The topological polar surface area (TPSA) is 92.8 Å². The van der Waals surface area contributed by atoms with E-state index in [-0.39, 0.29) is 17.3 Å². The van der Waals surface area contributed by atoms with Gasteiger partial charge in [-0.05, 0) is 38.5 Å². The Labute approximate surface area is 142 Å². The van der Waals surface area contributed by atoms with Crippen LogP contribution < -0.4 is 9.62 Å². The second kappa shape index (κ2) is 6.90. The van der Waals surface area contributed by atoms with Crippen LogP contribution in [-0.2, 0) is 19.6 Å². The maximum Gasteiger partial charge on any atom is 0.251 e. The molecule has 0 bridgehead atoms. The van der Waals surface area contributed by atoms with E-state index >= 15 is 0 Å². The Hall–Kier alpha value is -1.93. The van der Waals surface area contributed by atoms with E-state index in [1.807, 2.05) is 0 Å². The number of benzene rings is 1. The van der Waals surface area contributed by atoms with Crippen LogP contribution in [0.2, 0.25) is 0 Å². The van der Waals surface area contributed by atoms with Gasteiger partial charge in [0, 0.05) is 25.8 Å². The van der Waals surface area contributed by atoms with Crippen molar-refractivity contribution in [3.05, 3.63) is 29.8 Å². The highest BCUT2D eigenvalue weighted by atomic mass is 32.2. The van der Waals surface area contributed by atoms with Crippen LogP contribution in [0.25, 0.3) is 0 Å². The Kier molecular flexibility index (Phi) is 5.29. The molecule has 2 amide bonds. The van der Waals surface area contributed by atoms with Gasteiger partial charge in [0.05, 0.1) is 16.9 Å². The molecule has 1 aliphatic heterocycles. The van der Waals surface area contributed by atoms with Gasteiger partial charge in [0.15, 0.2) is 0 Å². The van der Waals surface area contributed by atoms with E-state index in [1.54, 1.807) is 33.1 Å². The van der Waals surface area contributed by atoms with E-state index in [0.29, 0.717) is 25.1 Å². The molecule has 0 saturated carbocycles. The Morgan fingerprint density at radius 1 is 1.38 bits per heavy atom. The Morgan fingerprint density at radius 3 is 2.67 bits per heavy atom. The molecule has 1 N–H and O–H groups in total. The number of rotatable bonds is 6. The molecule has 0 spiro atoms. The first kappa shape index (κ1) is 18.4.